The Kier molecular flexibility index (Phi) is 6.55. The number of hydrogen-bond donors (Lipinski definition) is 2. The van der Waals surface area contributed by atoms with Gasteiger partial charge in [-0.2, -0.15) is 5.10 Å². The molecule has 7 heteroatoms. The molecule has 2 rings (SSSR count). The smallest absolute Gasteiger partial charge is 0.179 e. The zero-order valence-corrected chi connectivity index (χ0v) is 14.1. The Balaban J connectivity index is 2.05. The van der Waals surface area contributed by atoms with Crippen LogP contribution in [0.3, 0.4) is 0 Å². The van der Waals surface area contributed by atoms with E-state index < -0.39 is 0 Å². The summed E-state index contributed by atoms with van der Waals surface area (Å²) in [6.07, 6.45) is 4.46. The molecule has 0 aliphatic carbocycles. The second-order valence-electron chi connectivity index (χ2n) is 5.03. The van der Waals surface area contributed by atoms with Crippen LogP contribution in [-0.2, 0) is 13.1 Å². The molecule has 126 valence electrons. The van der Waals surface area contributed by atoms with E-state index in [2.05, 4.69) is 10.4 Å². The number of nitrogens with zero attached hydrogens (tertiary/aromatic N) is 2. The molecule has 0 radical (unpaired) electrons. The fourth-order valence-corrected chi connectivity index (χ4v) is 2.39. The number of anilines is 1. The van der Waals surface area contributed by atoms with Crippen molar-refractivity contribution < 1.29 is 14.6 Å². The Morgan fingerprint density at radius 3 is 2.91 bits per heavy atom. The summed E-state index contributed by atoms with van der Waals surface area (Å²) in [5.74, 6) is 1.20. The molecule has 0 aliphatic heterocycles. The Morgan fingerprint density at radius 1 is 1.39 bits per heavy atom. The van der Waals surface area contributed by atoms with Gasteiger partial charge in [-0.3, -0.25) is 4.68 Å². The van der Waals surface area contributed by atoms with E-state index in [0.29, 0.717) is 36.2 Å². The molecule has 2 aromatic rings. The normalized spacial score (nSPS) is 10.6. The van der Waals surface area contributed by atoms with Gasteiger partial charge in [-0.1, -0.05) is 18.5 Å². The number of ether oxygens (including phenoxy) is 2. The van der Waals surface area contributed by atoms with Crippen molar-refractivity contribution in [2.75, 3.05) is 25.6 Å². The molecule has 6 nitrogen and oxygen atoms in total. The van der Waals surface area contributed by atoms with Crippen LogP contribution in [-0.4, -0.2) is 35.2 Å². The predicted molar refractivity (Wildman–Crippen MR) is 90.4 cm³/mol. The van der Waals surface area contributed by atoms with Crippen LogP contribution >= 0.6 is 11.6 Å². The van der Waals surface area contributed by atoms with Crippen LogP contribution in [0.25, 0.3) is 0 Å². The lowest BCUT2D eigenvalue weighted by atomic mass is 10.2. The maximum atomic E-state index is 8.89. The van der Waals surface area contributed by atoms with Crippen molar-refractivity contribution in [3.8, 4) is 11.5 Å². The van der Waals surface area contributed by atoms with Crippen LogP contribution in [0.1, 0.15) is 18.9 Å². The minimum Gasteiger partial charge on any atom is -0.493 e. The molecule has 23 heavy (non-hydrogen) atoms. The topological polar surface area (TPSA) is 68.5 Å². The van der Waals surface area contributed by atoms with E-state index >= 15 is 0 Å². The maximum absolute atomic E-state index is 8.89. The highest BCUT2D eigenvalue weighted by Crippen LogP contribution is 2.36. The summed E-state index contributed by atoms with van der Waals surface area (Å²) in [7, 11) is 1.60. The number of methoxy groups -OCH3 is 1. The minimum atomic E-state index is 0.0626. The zero-order chi connectivity index (χ0) is 16.7. The van der Waals surface area contributed by atoms with Crippen LogP contribution in [0.15, 0.2) is 24.5 Å². The Hall–Kier alpha value is -1.92. The van der Waals surface area contributed by atoms with Gasteiger partial charge in [-0.25, -0.2) is 0 Å². The second-order valence-corrected chi connectivity index (χ2v) is 5.43. The molecule has 0 aliphatic rings. The third-order valence-electron chi connectivity index (χ3n) is 3.20. The summed E-state index contributed by atoms with van der Waals surface area (Å²) < 4.78 is 12.7. The van der Waals surface area contributed by atoms with Crippen molar-refractivity contribution in [2.24, 2.45) is 0 Å². The number of nitrogens with one attached hydrogen (secondary N) is 1. The van der Waals surface area contributed by atoms with Crippen molar-refractivity contribution in [2.45, 2.75) is 26.4 Å². The fraction of sp³-hybridized carbons (Fsp3) is 0.438. The van der Waals surface area contributed by atoms with Crippen molar-refractivity contribution >= 4 is 17.3 Å². The number of aliphatic hydroxyl groups excluding tert-OH is 1. The van der Waals surface area contributed by atoms with Crippen LogP contribution in [0.2, 0.25) is 5.02 Å². The van der Waals surface area contributed by atoms with Gasteiger partial charge >= 0.3 is 0 Å². The van der Waals surface area contributed by atoms with Gasteiger partial charge < -0.3 is 19.9 Å². The first-order chi connectivity index (χ1) is 11.2. The van der Waals surface area contributed by atoms with E-state index in [4.69, 9.17) is 26.2 Å². The van der Waals surface area contributed by atoms with E-state index in [0.717, 1.165) is 17.7 Å². The molecule has 0 atom stereocenters. The van der Waals surface area contributed by atoms with Crippen LogP contribution in [0.4, 0.5) is 5.69 Å². The lowest BCUT2D eigenvalue weighted by Gasteiger charge is -2.14. The summed E-state index contributed by atoms with van der Waals surface area (Å²) >= 11 is 6.30. The van der Waals surface area contributed by atoms with Gasteiger partial charge in [0, 0.05) is 12.7 Å². The van der Waals surface area contributed by atoms with Crippen LogP contribution in [0.5, 0.6) is 11.5 Å². The van der Waals surface area contributed by atoms with Crippen molar-refractivity contribution in [3.63, 3.8) is 0 Å². The number of benzene rings is 1. The summed E-state index contributed by atoms with van der Waals surface area (Å²) in [6.45, 7) is 3.75. The van der Waals surface area contributed by atoms with E-state index in [-0.39, 0.29) is 6.61 Å². The molecule has 1 aromatic heterocycles. The molecule has 0 unspecified atom stereocenters. The van der Waals surface area contributed by atoms with Crippen molar-refractivity contribution in [3.05, 3.63) is 35.1 Å². The Labute approximate surface area is 141 Å². The minimum absolute atomic E-state index is 0.0626. The van der Waals surface area contributed by atoms with E-state index in [1.807, 2.05) is 25.3 Å². The summed E-state index contributed by atoms with van der Waals surface area (Å²) in [4.78, 5) is 0. The second kappa shape index (κ2) is 8.64. The largest absolute Gasteiger partial charge is 0.493 e. The fourth-order valence-electron chi connectivity index (χ4n) is 2.10. The Morgan fingerprint density at radius 2 is 2.22 bits per heavy atom. The predicted octanol–water partition coefficient (Wildman–Crippen LogP) is 2.94. The SMILES string of the molecule is CCCOc1c(Cl)cc(CNc2cnn(CCO)c2)cc1OC. The standard InChI is InChI=1S/C16H22ClN3O3/c1-3-6-23-16-14(17)7-12(8-15(16)22-2)9-18-13-10-19-20(11-13)4-5-21/h7-8,10-11,18,21H,3-6,9H2,1-2H3. The van der Waals surface area contributed by atoms with Crippen LogP contribution in [0, 0.1) is 0 Å². The van der Waals surface area contributed by atoms with Crippen LogP contribution < -0.4 is 14.8 Å². The van der Waals surface area contributed by atoms with Gasteiger partial charge in [-0.15, -0.1) is 0 Å². The molecule has 1 heterocycles. The van der Waals surface area contributed by atoms with Crippen molar-refractivity contribution in [1.29, 1.82) is 0 Å². The van der Waals surface area contributed by atoms with Gasteiger partial charge in [0.25, 0.3) is 0 Å². The molecular weight excluding hydrogens is 318 g/mol. The highest BCUT2D eigenvalue weighted by Gasteiger charge is 2.12. The average molecular weight is 340 g/mol. The maximum Gasteiger partial charge on any atom is 0.179 e. The number of hydrogen-bond acceptors (Lipinski definition) is 5. The van der Waals surface area contributed by atoms with Gasteiger partial charge in [0.05, 0.1) is 43.8 Å². The molecule has 0 saturated carbocycles. The molecule has 0 amide bonds. The van der Waals surface area contributed by atoms with Gasteiger partial charge in [0.2, 0.25) is 0 Å². The third kappa shape index (κ3) is 4.77. The number of aliphatic hydroxyl groups is 1. The first kappa shape index (κ1) is 17.4. The van der Waals surface area contributed by atoms with E-state index in [1.165, 1.54) is 0 Å². The molecule has 0 spiro atoms. The van der Waals surface area contributed by atoms with Gasteiger partial charge in [-0.05, 0) is 24.1 Å². The summed E-state index contributed by atoms with van der Waals surface area (Å²) in [6, 6.07) is 3.77. The van der Waals surface area contributed by atoms with Gasteiger partial charge in [0.15, 0.2) is 11.5 Å². The first-order valence-electron chi connectivity index (χ1n) is 7.54. The molecule has 2 N–H and O–H groups in total. The lowest BCUT2D eigenvalue weighted by Crippen LogP contribution is -2.03. The molecule has 0 bridgehead atoms. The number of halogens is 1. The highest BCUT2D eigenvalue weighted by molar-refractivity contribution is 6.32. The molecule has 0 fully saturated rings. The van der Waals surface area contributed by atoms with Crippen molar-refractivity contribution in [1.82, 2.24) is 9.78 Å². The summed E-state index contributed by atoms with van der Waals surface area (Å²) in [5, 5.41) is 16.8. The van der Waals surface area contributed by atoms with E-state index in [1.54, 1.807) is 18.0 Å². The Bertz CT molecular complexity index is 631. The number of rotatable bonds is 9. The first-order valence-corrected chi connectivity index (χ1v) is 7.92. The number of aromatic nitrogens is 2. The quantitative estimate of drug-likeness (QED) is 0.735. The molecule has 1 aromatic carbocycles. The molecule has 0 saturated heterocycles. The molecular formula is C16H22ClN3O3. The average Bonchev–Trinajstić information content (AvgIpc) is 2.99. The van der Waals surface area contributed by atoms with Gasteiger partial charge in [0.1, 0.15) is 0 Å². The lowest BCUT2D eigenvalue weighted by molar-refractivity contribution is 0.269. The van der Waals surface area contributed by atoms with E-state index in [9.17, 15) is 0 Å². The summed E-state index contributed by atoms with van der Waals surface area (Å²) in [5.41, 5.74) is 1.85. The third-order valence-corrected chi connectivity index (χ3v) is 3.48. The highest BCUT2D eigenvalue weighted by atomic mass is 35.5. The monoisotopic (exact) mass is 339 g/mol. The zero-order valence-electron chi connectivity index (χ0n) is 13.4.